The molecule has 1 N–H and O–H groups in total. The first-order valence-electron chi connectivity index (χ1n) is 9.49. The molecule has 5 nitrogen and oxygen atoms in total. The number of nitrogens with zero attached hydrogens (tertiary/aromatic N) is 2. The topological polar surface area (TPSA) is 68.0 Å². The van der Waals surface area contributed by atoms with Crippen LogP contribution in [-0.2, 0) is 4.79 Å². The zero-order valence-corrected chi connectivity index (χ0v) is 17.2. The average Bonchev–Trinajstić information content (AvgIpc) is 3.17. The van der Waals surface area contributed by atoms with E-state index in [4.69, 9.17) is 4.42 Å². The number of hydrogen-bond donors (Lipinski definition) is 1. The Labute approximate surface area is 170 Å². The van der Waals surface area contributed by atoms with Crippen LogP contribution >= 0.6 is 11.8 Å². The van der Waals surface area contributed by atoms with Crippen molar-refractivity contribution in [3.05, 3.63) is 65.7 Å². The monoisotopic (exact) mass is 395 g/mol. The van der Waals surface area contributed by atoms with Crippen LogP contribution in [0.5, 0.6) is 0 Å². The van der Waals surface area contributed by atoms with E-state index in [0.29, 0.717) is 11.1 Å². The van der Waals surface area contributed by atoms with Crippen LogP contribution in [0.4, 0.5) is 0 Å². The summed E-state index contributed by atoms with van der Waals surface area (Å²) in [7, 11) is 0. The van der Waals surface area contributed by atoms with Crippen LogP contribution in [0.3, 0.4) is 0 Å². The molecular formula is C22H25N3O2S. The molecule has 2 atom stereocenters. The van der Waals surface area contributed by atoms with Crippen molar-refractivity contribution in [1.82, 2.24) is 15.5 Å². The molecule has 1 amide bonds. The largest absolute Gasteiger partial charge is 0.411 e. The molecule has 0 saturated carbocycles. The molecule has 0 aliphatic rings. The number of thioether (sulfide) groups is 1. The average molecular weight is 396 g/mol. The molecule has 0 spiro atoms. The van der Waals surface area contributed by atoms with Gasteiger partial charge in [-0.15, -0.1) is 10.2 Å². The molecule has 0 radical (unpaired) electrons. The zero-order chi connectivity index (χ0) is 19.9. The van der Waals surface area contributed by atoms with Crippen molar-refractivity contribution in [3.63, 3.8) is 0 Å². The van der Waals surface area contributed by atoms with Gasteiger partial charge in [-0.3, -0.25) is 4.79 Å². The summed E-state index contributed by atoms with van der Waals surface area (Å²) in [6.07, 6.45) is 1.89. The number of carbonyl (C=O) groups is 1. The molecule has 1 heterocycles. The summed E-state index contributed by atoms with van der Waals surface area (Å²) in [6.45, 7) is 6.00. The van der Waals surface area contributed by atoms with Crippen molar-refractivity contribution in [3.8, 4) is 11.5 Å². The van der Waals surface area contributed by atoms with Crippen molar-refractivity contribution in [2.75, 3.05) is 0 Å². The highest BCUT2D eigenvalue weighted by Gasteiger charge is 2.22. The lowest BCUT2D eigenvalue weighted by Gasteiger charge is -2.20. The molecule has 3 aromatic rings. The lowest BCUT2D eigenvalue weighted by Crippen LogP contribution is -2.34. The number of aromatic nitrogens is 2. The summed E-state index contributed by atoms with van der Waals surface area (Å²) in [5.74, 6) is 0.422. The van der Waals surface area contributed by atoms with Crippen LogP contribution in [0.15, 0.2) is 64.2 Å². The minimum absolute atomic E-state index is 0.00699. The Balaban J connectivity index is 1.63. The lowest BCUT2D eigenvalue weighted by atomic mass is 10.0. The SMILES string of the molecule is CCCC(NC(=O)C(C)Sc1nnc(-c2ccc(C)cc2)o1)c1ccccc1. The van der Waals surface area contributed by atoms with Gasteiger partial charge in [-0.1, -0.05) is 73.1 Å². The molecule has 0 aliphatic carbocycles. The van der Waals surface area contributed by atoms with Gasteiger partial charge in [-0.05, 0) is 38.0 Å². The minimum Gasteiger partial charge on any atom is -0.411 e. The second-order valence-corrected chi connectivity index (χ2v) is 8.05. The quantitative estimate of drug-likeness (QED) is 0.532. The van der Waals surface area contributed by atoms with Crippen molar-refractivity contribution >= 4 is 17.7 Å². The molecule has 28 heavy (non-hydrogen) atoms. The van der Waals surface area contributed by atoms with Gasteiger partial charge in [0.05, 0.1) is 11.3 Å². The van der Waals surface area contributed by atoms with E-state index in [9.17, 15) is 4.79 Å². The maximum Gasteiger partial charge on any atom is 0.277 e. The fourth-order valence-corrected chi connectivity index (χ4v) is 3.55. The molecule has 0 saturated heterocycles. The molecule has 0 aliphatic heterocycles. The maximum atomic E-state index is 12.7. The van der Waals surface area contributed by atoms with Gasteiger partial charge in [-0.2, -0.15) is 0 Å². The van der Waals surface area contributed by atoms with E-state index in [1.807, 2.05) is 68.4 Å². The highest BCUT2D eigenvalue weighted by molar-refractivity contribution is 8.00. The fraction of sp³-hybridized carbons (Fsp3) is 0.318. The predicted octanol–water partition coefficient (Wildman–Crippen LogP) is 5.18. The summed E-state index contributed by atoms with van der Waals surface area (Å²) in [6, 6.07) is 18.0. The zero-order valence-electron chi connectivity index (χ0n) is 16.4. The van der Waals surface area contributed by atoms with Gasteiger partial charge in [0.25, 0.3) is 5.22 Å². The van der Waals surface area contributed by atoms with Crippen molar-refractivity contribution in [1.29, 1.82) is 0 Å². The summed E-state index contributed by atoms with van der Waals surface area (Å²) >= 11 is 1.27. The Bertz CT molecular complexity index is 894. The van der Waals surface area contributed by atoms with E-state index in [1.54, 1.807) is 0 Å². The second kappa shape index (κ2) is 9.55. The molecule has 3 rings (SSSR count). The van der Waals surface area contributed by atoms with Gasteiger partial charge >= 0.3 is 0 Å². The van der Waals surface area contributed by atoms with Crippen molar-refractivity contribution < 1.29 is 9.21 Å². The Morgan fingerprint density at radius 1 is 1.11 bits per heavy atom. The van der Waals surface area contributed by atoms with E-state index in [2.05, 4.69) is 22.4 Å². The third-order valence-electron chi connectivity index (χ3n) is 4.45. The van der Waals surface area contributed by atoms with Crippen LogP contribution < -0.4 is 5.32 Å². The molecule has 2 unspecified atom stereocenters. The fourth-order valence-electron chi connectivity index (χ4n) is 2.86. The number of aryl methyl sites for hydroxylation is 1. The van der Waals surface area contributed by atoms with Gasteiger partial charge < -0.3 is 9.73 Å². The molecule has 0 bridgehead atoms. The van der Waals surface area contributed by atoms with Gasteiger partial charge in [-0.25, -0.2) is 0 Å². The Kier molecular flexibility index (Phi) is 6.87. The first-order chi connectivity index (χ1) is 13.6. The number of benzene rings is 2. The summed E-state index contributed by atoms with van der Waals surface area (Å²) in [5, 5.41) is 11.4. The van der Waals surface area contributed by atoms with E-state index in [-0.39, 0.29) is 17.2 Å². The first-order valence-corrected chi connectivity index (χ1v) is 10.4. The van der Waals surface area contributed by atoms with Crippen molar-refractivity contribution in [2.24, 2.45) is 0 Å². The normalized spacial score (nSPS) is 13.1. The summed E-state index contributed by atoms with van der Waals surface area (Å²) < 4.78 is 5.73. The third-order valence-corrected chi connectivity index (χ3v) is 5.38. The smallest absolute Gasteiger partial charge is 0.277 e. The van der Waals surface area contributed by atoms with Gasteiger partial charge in [0.1, 0.15) is 0 Å². The second-order valence-electron chi connectivity index (χ2n) is 6.76. The molecule has 1 aromatic heterocycles. The number of hydrogen-bond acceptors (Lipinski definition) is 5. The number of amides is 1. The van der Waals surface area contributed by atoms with E-state index in [1.165, 1.54) is 17.3 Å². The molecule has 2 aromatic carbocycles. The van der Waals surface area contributed by atoms with Crippen LogP contribution in [0, 0.1) is 6.92 Å². The lowest BCUT2D eigenvalue weighted by molar-refractivity contribution is -0.121. The Hall–Kier alpha value is -2.60. The van der Waals surface area contributed by atoms with E-state index >= 15 is 0 Å². The third kappa shape index (κ3) is 5.23. The number of nitrogens with one attached hydrogen (secondary N) is 1. The predicted molar refractivity (Wildman–Crippen MR) is 112 cm³/mol. The van der Waals surface area contributed by atoms with Crippen LogP contribution in [0.25, 0.3) is 11.5 Å². The van der Waals surface area contributed by atoms with Gasteiger partial charge in [0.2, 0.25) is 11.8 Å². The van der Waals surface area contributed by atoms with Gasteiger partial charge in [0, 0.05) is 5.56 Å². The molecule has 0 fully saturated rings. The van der Waals surface area contributed by atoms with Gasteiger partial charge in [0.15, 0.2) is 0 Å². The first kappa shape index (κ1) is 20.1. The number of rotatable bonds is 8. The highest BCUT2D eigenvalue weighted by Crippen LogP contribution is 2.27. The van der Waals surface area contributed by atoms with E-state index in [0.717, 1.165) is 24.0 Å². The minimum atomic E-state index is -0.339. The summed E-state index contributed by atoms with van der Waals surface area (Å²) in [4.78, 5) is 12.7. The summed E-state index contributed by atoms with van der Waals surface area (Å²) in [5.41, 5.74) is 3.16. The molecular weight excluding hydrogens is 370 g/mol. The highest BCUT2D eigenvalue weighted by atomic mass is 32.2. The molecule has 6 heteroatoms. The number of carbonyl (C=O) groups excluding carboxylic acids is 1. The Morgan fingerprint density at radius 3 is 2.50 bits per heavy atom. The van der Waals surface area contributed by atoms with Crippen molar-refractivity contribution in [2.45, 2.75) is 50.1 Å². The molecule has 146 valence electrons. The van der Waals surface area contributed by atoms with E-state index < -0.39 is 0 Å². The van der Waals surface area contributed by atoms with Crippen LogP contribution in [0.2, 0.25) is 0 Å². The standard InChI is InChI=1S/C22H25N3O2S/c1-4-8-19(17-9-6-5-7-10-17)23-20(26)16(3)28-22-25-24-21(27-22)18-13-11-15(2)12-14-18/h5-7,9-14,16,19H,4,8H2,1-3H3,(H,23,26). The van der Waals surface area contributed by atoms with Crippen LogP contribution in [-0.4, -0.2) is 21.4 Å². The Morgan fingerprint density at radius 2 is 1.82 bits per heavy atom. The maximum absolute atomic E-state index is 12.7. The van der Waals surface area contributed by atoms with Crippen LogP contribution in [0.1, 0.15) is 43.9 Å².